The Labute approximate surface area is 186 Å². The Hall–Kier alpha value is -3.56. The number of phenols is 1. The van der Waals surface area contributed by atoms with Crippen LogP contribution < -0.4 is 15.4 Å². The largest absolute Gasteiger partial charge is 0.507 e. The van der Waals surface area contributed by atoms with E-state index in [2.05, 4.69) is 10.6 Å². The number of aryl methyl sites for hydroxylation is 1. The fraction of sp³-hybridized carbons (Fsp3) is 0.0952. The quantitative estimate of drug-likeness (QED) is 0.409. The third-order valence-corrected chi connectivity index (χ3v) is 5.27. The second-order valence-corrected chi connectivity index (χ2v) is 7.85. The van der Waals surface area contributed by atoms with Gasteiger partial charge in [-0.1, -0.05) is 17.7 Å². The molecule has 3 rings (SSSR count). The molecule has 3 aromatic rings. The lowest BCUT2D eigenvalue weighted by Crippen LogP contribution is -2.22. The first-order valence-electron chi connectivity index (χ1n) is 8.90. The summed E-state index contributed by atoms with van der Waals surface area (Å²) in [6.07, 6.45) is 0. The molecule has 8 nitrogen and oxygen atoms in total. The van der Waals surface area contributed by atoms with Crippen LogP contribution in [0.25, 0.3) is 0 Å². The van der Waals surface area contributed by atoms with Crippen molar-refractivity contribution in [3.8, 4) is 17.2 Å². The van der Waals surface area contributed by atoms with Gasteiger partial charge in [0, 0.05) is 10.6 Å². The van der Waals surface area contributed by atoms with E-state index < -0.39 is 17.8 Å². The van der Waals surface area contributed by atoms with Crippen LogP contribution in [0.4, 0.5) is 5.69 Å². The van der Waals surface area contributed by atoms with E-state index in [0.717, 1.165) is 4.88 Å². The molecular formula is C21H17ClN2O6S. The van der Waals surface area contributed by atoms with Gasteiger partial charge in [-0.05, 0) is 54.3 Å². The highest BCUT2D eigenvalue weighted by atomic mass is 35.5. The predicted octanol–water partition coefficient (Wildman–Crippen LogP) is 4.16. The maximum atomic E-state index is 12.5. The van der Waals surface area contributed by atoms with E-state index in [9.17, 15) is 19.5 Å². The highest BCUT2D eigenvalue weighted by molar-refractivity contribution is 7.09. The number of aliphatic carboxylic acids is 1. The normalized spacial score (nSPS) is 10.4. The number of ether oxygens (including phenoxy) is 1. The number of hydrogen-bond acceptors (Lipinski definition) is 6. The molecule has 0 saturated carbocycles. The van der Waals surface area contributed by atoms with E-state index in [1.54, 1.807) is 6.92 Å². The number of carbonyl (C=O) groups excluding carboxylic acids is 2. The Morgan fingerprint density at radius 3 is 2.58 bits per heavy atom. The average molecular weight is 461 g/mol. The summed E-state index contributed by atoms with van der Waals surface area (Å²) in [6, 6.07) is 10.8. The molecule has 0 bridgehead atoms. The first kappa shape index (κ1) is 22.1. The number of carbonyl (C=O) groups is 3. The number of phenolic OH excluding ortho intramolecular Hbond substituents is 1. The Balaban J connectivity index is 1.78. The molecule has 0 aliphatic heterocycles. The lowest BCUT2D eigenvalue weighted by molar-refractivity contribution is -0.147. The Bertz CT molecular complexity index is 1120. The maximum absolute atomic E-state index is 12.5. The van der Waals surface area contributed by atoms with E-state index >= 15 is 0 Å². The van der Waals surface area contributed by atoms with Crippen LogP contribution >= 0.6 is 22.9 Å². The molecule has 1 heterocycles. The minimum absolute atomic E-state index is 0.0353. The van der Waals surface area contributed by atoms with Crippen molar-refractivity contribution in [1.29, 1.82) is 0 Å². The van der Waals surface area contributed by atoms with Crippen LogP contribution in [0, 0.1) is 6.92 Å². The van der Waals surface area contributed by atoms with Gasteiger partial charge in [0.05, 0.1) is 17.1 Å². The molecule has 4 N–H and O–H groups in total. The second kappa shape index (κ2) is 9.50. The molecule has 2 amide bonds. The van der Waals surface area contributed by atoms with Crippen LogP contribution in [0.15, 0.2) is 47.8 Å². The summed E-state index contributed by atoms with van der Waals surface area (Å²) in [5.41, 5.74) is 0.750. The summed E-state index contributed by atoms with van der Waals surface area (Å²) in [7, 11) is 0. The number of amides is 2. The van der Waals surface area contributed by atoms with E-state index in [-0.39, 0.29) is 33.5 Å². The van der Waals surface area contributed by atoms with Crippen molar-refractivity contribution < 1.29 is 29.3 Å². The molecule has 160 valence electrons. The fourth-order valence-electron chi connectivity index (χ4n) is 2.67. The number of hydrogen-bond donors (Lipinski definition) is 4. The van der Waals surface area contributed by atoms with Gasteiger partial charge in [-0.3, -0.25) is 9.59 Å². The van der Waals surface area contributed by atoms with Gasteiger partial charge in [0.25, 0.3) is 5.91 Å². The van der Waals surface area contributed by atoms with Gasteiger partial charge in [0.1, 0.15) is 17.2 Å². The smallest absolute Gasteiger partial charge is 0.394 e. The molecule has 1 aromatic heterocycles. The molecule has 2 aromatic carbocycles. The molecule has 10 heteroatoms. The van der Waals surface area contributed by atoms with Crippen LogP contribution in [0.5, 0.6) is 17.2 Å². The van der Waals surface area contributed by atoms with Gasteiger partial charge in [-0.2, -0.15) is 0 Å². The van der Waals surface area contributed by atoms with Crippen molar-refractivity contribution in [2.45, 2.75) is 13.5 Å². The van der Waals surface area contributed by atoms with Gasteiger partial charge in [-0.25, -0.2) is 4.79 Å². The van der Waals surface area contributed by atoms with E-state index in [1.807, 2.05) is 17.5 Å². The number of thiophene rings is 1. The zero-order valence-electron chi connectivity index (χ0n) is 16.1. The Kier molecular flexibility index (Phi) is 6.78. The van der Waals surface area contributed by atoms with Crippen molar-refractivity contribution in [3.63, 3.8) is 0 Å². The van der Waals surface area contributed by atoms with E-state index in [4.69, 9.17) is 21.4 Å². The van der Waals surface area contributed by atoms with Crippen LogP contribution in [0.3, 0.4) is 0 Å². The molecule has 0 spiro atoms. The van der Waals surface area contributed by atoms with Crippen molar-refractivity contribution in [2.75, 3.05) is 5.32 Å². The highest BCUT2D eigenvalue weighted by Gasteiger charge is 2.17. The lowest BCUT2D eigenvalue weighted by Gasteiger charge is -2.14. The molecule has 0 saturated heterocycles. The van der Waals surface area contributed by atoms with Gasteiger partial charge in [0.15, 0.2) is 0 Å². The Morgan fingerprint density at radius 2 is 1.94 bits per heavy atom. The first-order chi connectivity index (χ1) is 14.7. The highest BCUT2D eigenvalue weighted by Crippen LogP contribution is 2.36. The van der Waals surface area contributed by atoms with Gasteiger partial charge in [0.2, 0.25) is 0 Å². The minimum Gasteiger partial charge on any atom is -0.507 e. The van der Waals surface area contributed by atoms with Gasteiger partial charge in [-0.15, -0.1) is 11.3 Å². The first-order valence-corrected chi connectivity index (χ1v) is 10.2. The molecular weight excluding hydrogens is 444 g/mol. The number of anilines is 1. The van der Waals surface area contributed by atoms with E-state index in [1.165, 1.54) is 41.7 Å². The SMILES string of the molecule is Cc1cc(NC(=O)C(=O)O)cc(Cl)c1Oc1ccc(O)c(C(=O)NCc2cccs2)c1. The van der Waals surface area contributed by atoms with Gasteiger partial charge >= 0.3 is 11.9 Å². The summed E-state index contributed by atoms with van der Waals surface area (Å²) in [4.78, 5) is 35.4. The number of carboxylic acid groups (broad SMARTS) is 1. The lowest BCUT2D eigenvalue weighted by atomic mass is 10.1. The maximum Gasteiger partial charge on any atom is 0.394 e. The average Bonchev–Trinajstić information content (AvgIpc) is 3.23. The van der Waals surface area contributed by atoms with Crippen molar-refractivity contribution >= 4 is 46.4 Å². The molecule has 0 aliphatic rings. The van der Waals surface area contributed by atoms with Crippen molar-refractivity contribution in [2.24, 2.45) is 0 Å². The van der Waals surface area contributed by atoms with Crippen LogP contribution in [0.1, 0.15) is 20.8 Å². The number of halogens is 1. The van der Waals surface area contributed by atoms with E-state index in [0.29, 0.717) is 12.1 Å². The molecule has 0 fully saturated rings. The summed E-state index contributed by atoms with van der Waals surface area (Å²) >= 11 is 7.74. The number of aromatic hydroxyl groups is 1. The zero-order chi connectivity index (χ0) is 22.5. The predicted molar refractivity (Wildman–Crippen MR) is 116 cm³/mol. The third kappa shape index (κ3) is 5.53. The summed E-state index contributed by atoms with van der Waals surface area (Å²) in [6.45, 7) is 1.99. The molecule has 0 unspecified atom stereocenters. The zero-order valence-corrected chi connectivity index (χ0v) is 17.7. The third-order valence-electron chi connectivity index (χ3n) is 4.12. The molecule has 0 radical (unpaired) electrons. The molecule has 0 atom stereocenters. The Morgan fingerprint density at radius 1 is 1.16 bits per heavy atom. The van der Waals surface area contributed by atoms with Crippen LogP contribution in [-0.4, -0.2) is 28.0 Å². The van der Waals surface area contributed by atoms with Crippen LogP contribution in [-0.2, 0) is 16.1 Å². The number of rotatable bonds is 6. The van der Waals surface area contributed by atoms with Crippen molar-refractivity contribution in [3.05, 3.63) is 68.9 Å². The summed E-state index contributed by atoms with van der Waals surface area (Å²) < 4.78 is 5.79. The standard InChI is InChI=1S/C21H17ClN2O6S/c1-11-7-12(24-20(27)21(28)29)8-16(22)18(11)30-13-4-5-17(25)15(9-13)19(26)23-10-14-3-2-6-31-14/h2-9,25H,10H2,1H3,(H,23,26)(H,24,27)(H,28,29). The van der Waals surface area contributed by atoms with Crippen molar-refractivity contribution in [1.82, 2.24) is 5.32 Å². The minimum atomic E-state index is -1.62. The summed E-state index contributed by atoms with van der Waals surface area (Å²) in [5.74, 6) is -2.97. The molecule has 31 heavy (non-hydrogen) atoms. The molecule has 0 aliphatic carbocycles. The summed E-state index contributed by atoms with van der Waals surface area (Å²) in [5, 5.41) is 25.7. The monoisotopic (exact) mass is 460 g/mol. The second-order valence-electron chi connectivity index (χ2n) is 6.41. The fourth-order valence-corrected chi connectivity index (χ4v) is 3.62. The van der Waals surface area contributed by atoms with Gasteiger partial charge < -0.3 is 25.6 Å². The van der Waals surface area contributed by atoms with Crippen LogP contribution in [0.2, 0.25) is 5.02 Å². The number of benzene rings is 2. The number of carboxylic acids is 1. The topological polar surface area (TPSA) is 125 Å². The number of nitrogens with one attached hydrogen (secondary N) is 2.